The predicted octanol–water partition coefficient (Wildman–Crippen LogP) is 3.17. The van der Waals surface area contributed by atoms with Gasteiger partial charge in [-0.25, -0.2) is 11.3 Å². The van der Waals surface area contributed by atoms with Gasteiger partial charge in [-0.15, -0.1) is 36.1 Å². The molecule has 5 rings (SSSR count). The molecule has 0 unspecified atom stereocenters. The fourth-order valence-electron chi connectivity index (χ4n) is 4.22. The monoisotopic (exact) mass is 650 g/mol. The molecule has 38 heavy (non-hydrogen) atoms. The summed E-state index contributed by atoms with van der Waals surface area (Å²) in [7, 11) is -2.18. The van der Waals surface area contributed by atoms with Gasteiger partial charge in [0.25, 0.3) is 0 Å². The second-order valence-corrected chi connectivity index (χ2v) is 22.6. The van der Waals surface area contributed by atoms with Crippen molar-refractivity contribution < 1.29 is 49.0 Å². The number of allylic oxidation sites excluding steroid dienone is 4. The van der Waals surface area contributed by atoms with E-state index in [9.17, 15) is 0 Å². The van der Waals surface area contributed by atoms with Crippen LogP contribution in [0.25, 0.3) is 10.8 Å². The van der Waals surface area contributed by atoms with Gasteiger partial charge in [-0.1, -0.05) is 45.3 Å². The predicted molar refractivity (Wildman–Crippen MR) is 162 cm³/mol. The van der Waals surface area contributed by atoms with Gasteiger partial charge in [-0.2, -0.15) is 22.7 Å². The van der Waals surface area contributed by atoms with Crippen LogP contribution in [0.5, 0.6) is 0 Å². The minimum atomic E-state index is -1.10. The Balaban J connectivity index is 0.000000283. The Kier molecular flexibility index (Phi) is 14.5. The first-order valence-corrected chi connectivity index (χ1v) is 20.9. The molecule has 0 fully saturated rings. The van der Waals surface area contributed by atoms with Crippen molar-refractivity contribution in [2.24, 2.45) is 0 Å². The fourth-order valence-corrected chi connectivity index (χ4v) is 10.3. The van der Waals surface area contributed by atoms with Crippen LogP contribution in [-0.4, -0.2) is 19.4 Å². The number of fused-ring (bicyclic) bond motifs is 1. The molecule has 0 N–H and O–H groups in total. The van der Waals surface area contributed by atoms with Crippen LogP contribution in [0, 0.1) is 6.08 Å². The van der Waals surface area contributed by atoms with Crippen LogP contribution in [-0.2, 0) is 24.2 Å². The molecule has 0 saturated heterocycles. The number of benzene rings is 3. The van der Waals surface area contributed by atoms with Gasteiger partial charge in [-0.3, -0.25) is 6.08 Å². The van der Waals surface area contributed by atoms with E-state index in [0.717, 1.165) is 6.42 Å². The molecule has 5 heteroatoms. The molecule has 0 saturated carbocycles. The van der Waals surface area contributed by atoms with Crippen molar-refractivity contribution in [2.75, 3.05) is 0 Å². The van der Waals surface area contributed by atoms with E-state index in [-0.39, 0.29) is 24.8 Å². The molecule has 0 heterocycles. The van der Waals surface area contributed by atoms with Gasteiger partial charge < -0.3 is 24.8 Å². The molecular formula is C33H38Cl2Si2Zr-2. The van der Waals surface area contributed by atoms with E-state index in [1.165, 1.54) is 49.3 Å². The first kappa shape index (κ1) is 34.5. The van der Waals surface area contributed by atoms with Gasteiger partial charge in [0.1, 0.15) is 0 Å². The average Bonchev–Trinajstić information content (AvgIpc) is 3.55. The zero-order valence-electron chi connectivity index (χ0n) is 23.4. The summed E-state index contributed by atoms with van der Waals surface area (Å²) in [6.07, 6.45) is 6.80. The molecule has 4 aromatic rings. The molecule has 0 bridgehead atoms. The molecule has 0 amide bonds. The zero-order chi connectivity index (χ0) is 26.2. The Morgan fingerprint density at radius 1 is 0.684 bits per heavy atom. The summed E-state index contributed by atoms with van der Waals surface area (Å²) >= 11 is 1.46. The van der Waals surface area contributed by atoms with Crippen molar-refractivity contribution >= 4 is 30.1 Å². The first-order valence-electron chi connectivity index (χ1n) is 12.7. The van der Waals surface area contributed by atoms with Crippen molar-refractivity contribution in [1.82, 2.24) is 0 Å². The molecule has 4 aromatic carbocycles. The van der Waals surface area contributed by atoms with Crippen LogP contribution in [0.4, 0.5) is 0 Å². The van der Waals surface area contributed by atoms with Crippen molar-refractivity contribution in [2.45, 2.75) is 45.7 Å². The molecule has 198 valence electrons. The Bertz CT molecular complexity index is 1250. The Hall–Kier alpha value is -1.48. The number of hydrogen-bond donors (Lipinski definition) is 0. The van der Waals surface area contributed by atoms with E-state index < -0.39 is 16.1 Å². The molecule has 0 spiro atoms. The largest absolute Gasteiger partial charge is 0.168 e. The zero-order valence-corrected chi connectivity index (χ0v) is 29.3. The second kappa shape index (κ2) is 15.9. The fraction of sp³-hybridized carbons (Fsp3) is 0.212. The molecule has 0 aliphatic heterocycles. The molecule has 0 aromatic heterocycles. The maximum atomic E-state index is 3.41. The molecule has 0 atom stereocenters. The van der Waals surface area contributed by atoms with Crippen molar-refractivity contribution in [3.05, 3.63) is 137 Å². The third-order valence-corrected chi connectivity index (χ3v) is 12.2. The quantitative estimate of drug-likeness (QED) is 0.235. The van der Waals surface area contributed by atoms with Gasteiger partial charge in [0.15, 0.2) is 0 Å². The Morgan fingerprint density at radius 3 is 1.63 bits per heavy atom. The maximum absolute atomic E-state index is 3.41. The normalized spacial score (nSPS) is 12.4. The summed E-state index contributed by atoms with van der Waals surface area (Å²) in [5.74, 6) is 0. The average molecular weight is 653 g/mol. The molecule has 1 aliphatic carbocycles. The third kappa shape index (κ3) is 10.2. The maximum Gasteiger partial charge on any atom is -0.0809 e. The molecule has 0 nitrogen and oxygen atoms in total. The van der Waals surface area contributed by atoms with Gasteiger partial charge >= 0.3 is 99.2 Å². The third-order valence-electron chi connectivity index (χ3n) is 6.24. The minimum Gasteiger partial charge on any atom is -0.168 e. The van der Waals surface area contributed by atoms with Crippen LogP contribution in [0.1, 0.15) is 17.5 Å². The SMILES string of the molecule is C[Si](C)(C)C1=C([Si](C)(C)C)C[C-]=C1.[Cl-].[Cl-].[Zr+2]=[C](c1ccccc1)c1ccccc1.c1ccc2[cH-]ccc2c1. The molecule has 0 radical (unpaired) electrons. The van der Waals surface area contributed by atoms with Crippen LogP contribution in [0.3, 0.4) is 0 Å². The molecular weight excluding hydrogens is 615 g/mol. The van der Waals surface area contributed by atoms with E-state index in [2.05, 4.69) is 155 Å². The summed E-state index contributed by atoms with van der Waals surface area (Å²) in [5.41, 5.74) is 2.66. The summed E-state index contributed by atoms with van der Waals surface area (Å²) < 4.78 is 1.42. The summed E-state index contributed by atoms with van der Waals surface area (Å²) in [5, 5.41) is 6.10. The van der Waals surface area contributed by atoms with E-state index >= 15 is 0 Å². The Labute approximate surface area is 259 Å². The topological polar surface area (TPSA) is 0 Å². The summed E-state index contributed by atoms with van der Waals surface area (Å²) in [6, 6.07) is 35.8. The molecule has 1 aliphatic rings. The van der Waals surface area contributed by atoms with Crippen LogP contribution < -0.4 is 24.8 Å². The number of rotatable bonds is 4. The van der Waals surface area contributed by atoms with Crippen molar-refractivity contribution in [1.29, 1.82) is 0 Å². The van der Waals surface area contributed by atoms with Gasteiger partial charge in [0.2, 0.25) is 0 Å². The first-order chi connectivity index (χ1) is 17.1. The number of hydrogen-bond acceptors (Lipinski definition) is 0. The van der Waals surface area contributed by atoms with E-state index in [1.54, 1.807) is 10.4 Å². The van der Waals surface area contributed by atoms with E-state index in [1.807, 2.05) is 0 Å². The van der Waals surface area contributed by atoms with Crippen LogP contribution >= 0.6 is 0 Å². The smallest absolute Gasteiger partial charge is 0.0809 e. The standard InChI is InChI=1S/C13H10.C11H21Si2.C9H7.2ClH.Zr/c1-3-7-12(8-4-1)11-13-9-5-2-6-10-13;1-12(2,3)10-8-7-9-11(10)13(4,5)6;1-2-5-9-7-3-6-8(9)4-1;;;/h1-10H;8H,9H2,1-6H3;1-7H;2*1H;/q;2*-1;;;+2/p-2. The summed E-state index contributed by atoms with van der Waals surface area (Å²) in [4.78, 5) is 0. The number of halogens is 2. The van der Waals surface area contributed by atoms with Crippen LogP contribution in [0.15, 0.2) is 120 Å². The van der Waals surface area contributed by atoms with Crippen molar-refractivity contribution in [3.63, 3.8) is 0 Å². The van der Waals surface area contributed by atoms with Crippen LogP contribution in [0.2, 0.25) is 39.3 Å². The van der Waals surface area contributed by atoms with Crippen molar-refractivity contribution in [3.8, 4) is 0 Å². The van der Waals surface area contributed by atoms with E-state index in [4.69, 9.17) is 0 Å². The Morgan fingerprint density at radius 2 is 1.18 bits per heavy atom. The summed E-state index contributed by atoms with van der Waals surface area (Å²) in [6.45, 7) is 14.7. The van der Waals surface area contributed by atoms with E-state index in [0.29, 0.717) is 0 Å². The minimum absolute atomic E-state index is 0. The van der Waals surface area contributed by atoms with Gasteiger partial charge in [0.05, 0.1) is 8.07 Å². The second-order valence-electron chi connectivity index (χ2n) is 11.2. The van der Waals surface area contributed by atoms with Gasteiger partial charge in [0, 0.05) is 0 Å². The van der Waals surface area contributed by atoms with Gasteiger partial charge in [-0.05, 0) is 8.07 Å².